The van der Waals surface area contributed by atoms with Crippen LogP contribution in [-0.4, -0.2) is 19.5 Å². The number of nitrogens with zero attached hydrogens (tertiary/aromatic N) is 4. The van der Waals surface area contributed by atoms with E-state index in [9.17, 15) is 0 Å². The Kier molecular flexibility index (Phi) is 6.42. The van der Waals surface area contributed by atoms with Crippen LogP contribution in [-0.2, 0) is 0 Å². The molecule has 0 atom stereocenters. The maximum Gasteiger partial charge on any atom is 0.164 e. The summed E-state index contributed by atoms with van der Waals surface area (Å²) in [7, 11) is 0. The normalized spacial score (nSPS) is 11.6. The third-order valence-corrected chi connectivity index (χ3v) is 9.45. The fraction of sp³-hybridized carbons (Fsp3) is 0. The summed E-state index contributed by atoms with van der Waals surface area (Å²) in [5, 5.41) is 4.43. The zero-order chi connectivity index (χ0) is 33.0. The van der Waals surface area contributed by atoms with Crippen molar-refractivity contribution in [2.24, 2.45) is 0 Å². The summed E-state index contributed by atoms with van der Waals surface area (Å²) in [6.45, 7) is 0. The van der Waals surface area contributed by atoms with Gasteiger partial charge in [-0.15, -0.1) is 0 Å². The van der Waals surface area contributed by atoms with Gasteiger partial charge in [0.25, 0.3) is 0 Å². The molecule has 0 spiro atoms. The second-order valence-electron chi connectivity index (χ2n) is 12.5. The standard InChI is InChI=1S/C45H28N4O/c1-5-13-29(14-6-1)32-22-26-39-38(27-32)36-24-25-37-35-23-21-33(28-40(35)50-42(37)41(36)49(39)34-19-11-4-12-20-34)45-47-43(30-15-7-2-8-16-30)46-44(48-45)31-17-9-3-10-18-31/h1-28H. The van der Waals surface area contributed by atoms with Crippen LogP contribution in [0.4, 0.5) is 0 Å². The van der Waals surface area contributed by atoms with Crippen molar-refractivity contribution in [3.05, 3.63) is 170 Å². The van der Waals surface area contributed by atoms with E-state index in [1.807, 2.05) is 60.7 Å². The fourth-order valence-corrected chi connectivity index (χ4v) is 7.06. The van der Waals surface area contributed by atoms with E-state index in [0.717, 1.165) is 60.7 Å². The van der Waals surface area contributed by atoms with Gasteiger partial charge < -0.3 is 8.98 Å². The van der Waals surface area contributed by atoms with Crippen molar-refractivity contribution in [2.75, 3.05) is 0 Å². The Bertz CT molecular complexity index is 2780. The first-order valence-corrected chi connectivity index (χ1v) is 16.7. The summed E-state index contributed by atoms with van der Waals surface area (Å²) in [6.07, 6.45) is 0. The molecule has 3 aromatic heterocycles. The average molecular weight is 641 g/mol. The summed E-state index contributed by atoms with van der Waals surface area (Å²) in [4.78, 5) is 14.8. The molecular weight excluding hydrogens is 613 g/mol. The molecule has 0 N–H and O–H groups in total. The zero-order valence-electron chi connectivity index (χ0n) is 26.9. The highest BCUT2D eigenvalue weighted by Gasteiger charge is 2.20. The monoisotopic (exact) mass is 640 g/mol. The van der Waals surface area contributed by atoms with Gasteiger partial charge in [-0.3, -0.25) is 0 Å². The molecule has 0 saturated heterocycles. The number of benzene rings is 7. The number of fused-ring (bicyclic) bond motifs is 7. The highest BCUT2D eigenvalue weighted by molar-refractivity contribution is 6.22. The second-order valence-corrected chi connectivity index (χ2v) is 12.5. The molecule has 10 rings (SSSR count). The smallest absolute Gasteiger partial charge is 0.164 e. The molecule has 10 aromatic rings. The first-order valence-electron chi connectivity index (χ1n) is 16.7. The molecule has 5 nitrogen and oxygen atoms in total. The second kappa shape index (κ2) is 11.4. The molecular formula is C45H28N4O. The highest BCUT2D eigenvalue weighted by Crippen LogP contribution is 2.42. The maximum absolute atomic E-state index is 6.87. The van der Waals surface area contributed by atoms with Gasteiger partial charge in [-0.25, -0.2) is 15.0 Å². The van der Waals surface area contributed by atoms with Crippen LogP contribution in [0.5, 0.6) is 0 Å². The van der Waals surface area contributed by atoms with Crippen LogP contribution in [0.15, 0.2) is 174 Å². The van der Waals surface area contributed by atoms with E-state index < -0.39 is 0 Å². The highest BCUT2D eigenvalue weighted by atomic mass is 16.3. The molecule has 0 saturated carbocycles. The minimum Gasteiger partial charge on any atom is -0.454 e. The number of hydrogen-bond acceptors (Lipinski definition) is 4. The lowest BCUT2D eigenvalue weighted by Crippen LogP contribution is -2.00. The Labute approximate surface area is 287 Å². The van der Waals surface area contributed by atoms with Gasteiger partial charge in [0.2, 0.25) is 0 Å². The molecule has 0 bridgehead atoms. The Morgan fingerprint density at radius 1 is 0.380 bits per heavy atom. The molecule has 0 fully saturated rings. The minimum atomic E-state index is 0.594. The van der Waals surface area contributed by atoms with Gasteiger partial charge >= 0.3 is 0 Å². The van der Waals surface area contributed by atoms with Crippen molar-refractivity contribution in [2.45, 2.75) is 0 Å². The molecule has 50 heavy (non-hydrogen) atoms. The van der Waals surface area contributed by atoms with Crippen LogP contribution in [0.25, 0.3) is 94.7 Å². The lowest BCUT2D eigenvalue weighted by atomic mass is 10.0. The zero-order valence-corrected chi connectivity index (χ0v) is 26.9. The SMILES string of the molecule is c1ccc(-c2ccc3c(c2)c2ccc4c5ccc(-c6nc(-c7ccccc7)nc(-c7ccccc7)n6)cc5oc4c2n3-c2ccccc2)cc1. The molecule has 0 radical (unpaired) electrons. The van der Waals surface area contributed by atoms with Crippen LogP contribution in [0.1, 0.15) is 0 Å². The molecule has 0 aliphatic carbocycles. The molecule has 7 aromatic carbocycles. The largest absolute Gasteiger partial charge is 0.454 e. The molecule has 234 valence electrons. The Morgan fingerprint density at radius 3 is 1.54 bits per heavy atom. The van der Waals surface area contributed by atoms with Gasteiger partial charge in [-0.05, 0) is 53.6 Å². The summed E-state index contributed by atoms with van der Waals surface area (Å²) < 4.78 is 9.20. The summed E-state index contributed by atoms with van der Waals surface area (Å²) >= 11 is 0. The maximum atomic E-state index is 6.87. The molecule has 3 heterocycles. The van der Waals surface area contributed by atoms with Crippen LogP contribution >= 0.6 is 0 Å². The van der Waals surface area contributed by atoms with E-state index >= 15 is 0 Å². The summed E-state index contributed by atoms with van der Waals surface area (Å²) in [6, 6.07) is 58.6. The van der Waals surface area contributed by atoms with E-state index in [1.54, 1.807) is 0 Å². The van der Waals surface area contributed by atoms with Gasteiger partial charge in [0, 0.05) is 43.9 Å². The van der Waals surface area contributed by atoms with Crippen molar-refractivity contribution >= 4 is 43.7 Å². The first-order chi connectivity index (χ1) is 24.8. The topological polar surface area (TPSA) is 56.7 Å². The van der Waals surface area contributed by atoms with Gasteiger partial charge in [0.15, 0.2) is 23.1 Å². The lowest BCUT2D eigenvalue weighted by molar-refractivity contribution is 0.671. The van der Waals surface area contributed by atoms with Crippen molar-refractivity contribution in [3.63, 3.8) is 0 Å². The van der Waals surface area contributed by atoms with E-state index in [2.05, 4.69) is 114 Å². The van der Waals surface area contributed by atoms with Crippen LogP contribution in [0, 0.1) is 0 Å². The minimum absolute atomic E-state index is 0.594. The Morgan fingerprint density at radius 2 is 0.900 bits per heavy atom. The van der Waals surface area contributed by atoms with Gasteiger partial charge in [-0.2, -0.15) is 0 Å². The Balaban J connectivity index is 1.20. The van der Waals surface area contributed by atoms with Gasteiger partial charge in [-0.1, -0.05) is 127 Å². The van der Waals surface area contributed by atoms with Crippen LogP contribution in [0.3, 0.4) is 0 Å². The predicted octanol–water partition coefficient (Wildman–Crippen LogP) is 11.5. The van der Waals surface area contributed by atoms with Crippen LogP contribution in [0.2, 0.25) is 0 Å². The summed E-state index contributed by atoms with van der Waals surface area (Å²) in [5.74, 6) is 1.85. The van der Waals surface area contributed by atoms with Crippen molar-refractivity contribution in [3.8, 4) is 51.0 Å². The average Bonchev–Trinajstić information content (AvgIpc) is 3.74. The van der Waals surface area contributed by atoms with Crippen LogP contribution < -0.4 is 0 Å². The van der Waals surface area contributed by atoms with E-state index in [-0.39, 0.29) is 0 Å². The summed E-state index contributed by atoms with van der Waals surface area (Å²) in [5.41, 5.74) is 9.99. The Hall–Kier alpha value is -6.85. The number of rotatable bonds is 5. The molecule has 5 heteroatoms. The number of aromatic nitrogens is 4. The molecule has 0 aliphatic heterocycles. The van der Waals surface area contributed by atoms with Crippen molar-refractivity contribution in [1.29, 1.82) is 0 Å². The molecule has 0 amide bonds. The molecule has 0 unspecified atom stereocenters. The van der Waals surface area contributed by atoms with E-state index in [1.165, 1.54) is 16.5 Å². The van der Waals surface area contributed by atoms with Gasteiger partial charge in [0.1, 0.15) is 5.58 Å². The quantitative estimate of drug-likeness (QED) is 0.188. The number of hydrogen-bond donors (Lipinski definition) is 0. The van der Waals surface area contributed by atoms with E-state index in [0.29, 0.717) is 17.5 Å². The third-order valence-electron chi connectivity index (χ3n) is 9.45. The predicted molar refractivity (Wildman–Crippen MR) is 203 cm³/mol. The lowest BCUT2D eigenvalue weighted by Gasteiger charge is -2.08. The third kappa shape index (κ3) is 4.60. The van der Waals surface area contributed by atoms with Gasteiger partial charge in [0.05, 0.1) is 11.0 Å². The van der Waals surface area contributed by atoms with Crippen molar-refractivity contribution < 1.29 is 4.42 Å². The number of para-hydroxylation sites is 1. The van der Waals surface area contributed by atoms with E-state index in [4.69, 9.17) is 19.4 Å². The molecule has 0 aliphatic rings. The fourth-order valence-electron chi connectivity index (χ4n) is 7.06. The van der Waals surface area contributed by atoms with Crippen molar-refractivity contribution in [1.82, 2.24) is 19.5 Å². The number of furan rings is 1. The first kappa shape index (κ1) is 28.2.